The number of carbonyl (C=O) groups is 1. The molecule has 0 radical (unpaired) electrons. The van der Waals surface area contributed by atoms with Crippen molar-refractivity contribution in [2.75, 3.05) is 0 Å². The van der Waals surface area contributed by atoms with Crippen molar-refractivity contribution in [1.82, 2.24) is 0 Å². The molecule has 1 heterocycles. The van der Waals surface area contributed by atoms with Crippen molar-refractivity contribution >= 4 is 21.9 Å². The van der Waals surface area contributed by atoms with E-state index in [0.717, 1.165) is 5.56 Å². The largest absolute Gasteiger partial charge is 0.453 e. The van der Waals surface area contributed by atoms with Crippen molar-refractivity contribution in [1.29, 1.82) is 0 Å². The molecule has 1 aliphatic heterocycles. The number of alkyl halides is 1. The second-order valence-corrected chi connectivity index (χ2v) is 4.72. The van der Waals surface area contributed by atoms with Crippen LogP contribution in [0.1, 0.15) is 18.9 Å². The lowest BCUT2D eigenvalue weighted by Crippen LogP contribution is -2.29. The summed E-state index contributed by atoms with van der Waals surface area (Å²) in [6, 6.07) is 9.81. The van der Waals surface area contributed by atoms with Crippen LogP contribution in [0.5, 0.6) is 0 Å². The number of esters is 1. The number of benzene rings is 1. The molecule has 74 valence electrons. The van der Waals surface area contributed by atoms with Crippen LogP contribution in [-0.4, -0.2) is 10.8 Å². The van der Waals surface area contributed by atoms with E-state index >= 15 is 0 Å². The lowest BCUT2D eigenvalue weighted by Gasteiger charge is -2.26. The molecule has 0 N–H and O–H groups in total. The summed E-state index contributed by atoms with van der Waals surface area (Å²) in [4.78, 5) is 11.3. The van der Waals surface area contributed by atoms with E-state index in [2.05, 4.69) is 15.9 Å². The molecule has 3 heteroatoms. The highest BCUT2D eigenvalue weighted by atomic mass is 79.9. The van der Waals surface area contributed by atoms with Gasteiger partial charge in [-0.1, -0.05) is 46.3 Å². The molecule has 0 spiro atoms. The van der Waals surface area contributed by atoms with Crippen LogP contribution in [0.3, 0.4) is 0 Å². The van der Waals surface area contributed by atoms with Crippen LogP contribution in [0.15, 0.2) is 30.3 Å². The molecule has 2 nitrogen and oxygen atoms in total. The minimum absolute atomic E-state index is 0.0601. The van der Waals surface area contributed by atoms with Gasteiger partial charge in [-0.3, -0.25) is 4.79 Å². The molecule has 2 rings (SSSR count). The molecule has 2 atom stereocenters. The first-order valence-electron chi connectivity index (χ1n) is 4.54. The summed E-state index contributed by atoms with van der Waals surface area (Å²) in [5.74, 6) is -0.141. The molecule has 0 aromatic heterocycles. The fourth-order valence-electron chi connectivity index (χ4n) is 1.69. The highest BCUT2D eigenvalue weighted by molar-refractivity contribution is 9.09. The molecule has 14 heavy (non-hydrogen) atoms. The molecule has 1 fully saturated rings. The number of halogens is 1. The summed E-state index contributed by atoms with van der Waals surface area (Å²) < 4.78 is 5.36. The first-order chi connectivity index (χ1) is 6.63. The van der Waals surface area contributed by atoms with E-state index in [1.807, 2.05) is 37.3 Å². The number of ether oxygens (including phenoxy) is 1. The quantitative estimate of drug-likeness (QED) is 0.569. The zero-order valence-electron chi connectivity index (χ0n) is 7.87. The maximum atomic E-state index is 11.2. The Morgan fingerprint density at radius 2 is 2.07 bits per heavy atom. The number of carbonyl (C=O) groups excluding carboxylic acids is 1. The maximum Gasteiger partial charge on any atom is 0.308 e. The van der Waals surface area contributed by atoms with Crippen molar-refractivity contribution < 1.29 is 9.53 Å². The van der Waals surface area contributed by atoms with Gasteiger partial charge in [-0.25, -0.2) is 0 Å². The molecule has 1 aromatic carbocycles. The number of rotatable bonds is 1. The van der Waals surface area contributed by atoms with Crippen molar-refractivity contribution in [3.63, 3.8) is 0 Å². The van der Waals surface area contributed by atoms with Crippen molar-refractivity contribution in [2.45, 2.75) is 23.8 Å². The predicted octanol–water partition coefficient (Wildman–Crippen LogP) is 2.61. The molecule has 1 aliphatic rings. The zero-order chi connectivity index (χ0) is 10.2. The van der Waals surface area contributed by atoms with E-state index < -0.39 is 5.60 Å². The van der Waals surface area contributed by atoms with Gasteiger partial charge in [-0.2, -0.15) is 0 Å². The minimum atomic E-state index is -0.516. The molecule has 0 saturated carbocycles. The van der Waals surface area contributed by atoms with Crippen molar-refractivity contribution in [3.8, 4) is 0 Å². The monoisotopic (exact) mass is 254 g/mol. The zero-order valence-corrected chi connectivity index (χ0v) is 9.45. The second kappa shape index (κ2) is 3.39. The Morgan fingerprint density at radius 3 is 2.57 bits per heavy atom. The highest BCUT2D eigenvalue weighted by Crippen LogP contribution is 2.40. The summed E-state index contributed by atoms with van der Waals surface area (Å²) in [5.41, 5.74) is 0.519. The number of hydrogen-bond acceptors (Lipinski definition) is 2. The summed E-state index contributed by atoms with van der Waals surface area (Å²) in [6.07, 6.45) is 0.436. The molecule has 0 aliphatic carbocycles. The van der Waals surface area contributed by atoms with Gasteiger partial charge in [0.2, 0.25) is 0 Å². The van der Waals surface area contributed by atoms with Gasteiger partial charge in [0.15, 0.2) is 0 Å². The first-order valence-corrected chi connectivity index (χ1v) is 5.46. The summed E-state index contributed by atoms with van der Waals surface area (Å²) in [7, 11) is 0. The average molecular weight is 255 g/mol. The van der Waals surface area contributed by atoms with Crippen molar-refractivity contribution in [3.05, 3.63) is 35.9 Å². The normalized spacial score (nSPS) is 31.6. The van der Waals surface area contributed by atoms with E-state index in [1.165, 1.54) is 0 Å². The smallest absolute Gasteiger partial charge is 0.308 e. The van der Waals surface area contributed by atoms with E-state index in [0.29, 0.717) is 6.42 Å². The molecule has 1 aromatic rings. The van der Waals surface area contributed by atoms with Gasteiger partial charge in [0.05, 0.1) is 11.2 Å². The molecule has 0 bridgehead atoms. The topological polar surface area (TPSA) is 26.3 Å². The first kappa shape index (κ1) is 9.71. The highest BCUT2D eigenvalue weighted by Gasteiger charge is 2.45. The van der Waals surface area contributed by atoms with Gasteiger partial charge >= 0.3 is 5.97 Å². The van der Waals surface area contributed by atoms with Crippen molar-refractivity contribution in [2.24, 2.45) is 0 Å². The molecule has 0 amide bonds. The van der Waals surface area contributed by atoms with E-state index in [4.69, 9.17) is 4.74 Å². The van der Waals surface area contributed by atoms with Crippen LogP contribution in [0.2, 0.25) is 0 Å². The Kier molecular flexibility index (Phi) is 2.35. The Balaban J connectivity index is 2.38. The lowest BCUT2D eigenvalue weighted by molar-refractivity contribution is -0.147. The molecular formula is C11H11BrO2. The second-order valence-electron chi connectivity index (χ2n) is 3.62. The lowest BCUT2D eigenvalue weighted by atomic mass is 9.93. The predicted molar refractivity (Wildman–Crippen MR) is 57.2 cm³/mol. The Morgan fingerprint density at radius 1 is 1.43 bits per heavy atom. The Labute approximate surface area is 91.4 Å². The maximum absolute atomic E-state index is 11.2. The average Bonchev–Trinajstić information content (AvgIpc) is 2.43. The van der Waals surface area contributed by atoms with Gasteiger partial charge in [-0.15, -0.1) is 0 Å². The van der Waals surface area contributed by atoms with Gasteiger partial charge in [-0.05, 0) is 12.5 Å². The Bertz CT molecular complexity index is 350. The standard InChI is InChI=1S/C11H11BrO2/c1-11(8-5-3-2-4-6-8)9(12)7-10(13)14-11/h2-6,9H,7H2,1H3/t9-,11+/m0/s1. The molecular weight excluding hydrogens is 244 g/mol. The van der Waals surface area contributed by atoms with E-state index in [1.54, 1.807) is 0 Å². The molecule has 0 unspecified atom stereocenters. The van der Waals surface area contributed by atoms with Gasteiger partial charge < -0.3 is 4.74 Å². The van der Waals surface area contributed by atoms with E-state index in [9.17, 15) is 4.79 Å². The fourth-order valence-corrected chi connectivity index (χ4v) is 2.31. The van der Waals surface area contributed by atoms with Crippen LogP contribution in [-0.2, 0) is 15.1 Å². The third-order valence-electron chi connectivity index (χ3n) is 2.62. The summed E-state index contributed by atoms with van der Waals surface area (Å²) >= 11 is 3.49. The SMILES string of the molecule is C[C@]1(c2ccccc2)OC(=O)C[C@@H]1Br. The van der Waals surface area contributed by atoms with Crippen LogP contribution in [0, 0.1) is 0 Å². The van der Waals surface area contributed by atoms with Gasteiger partial charge in [0.25, 0.3) is 0 Å². The Hall–Kier alpha value is -0.830. The van der Waals surface area contributed by atoms with Gasteiger partial charge in [0.1, 0.15) is 5.60 Å². The minimum Gasteiger partial charge on any atom is -0.453 e. The summed E-state index contributed by atoms with van der Waals surface area (Å²) in [6.45, 7) is 1.94. The summed E-state index contributed by atoms with van der Waals surface area (Å²) in [5, 5.41) is 0. The fraction of sp³-hybridized carbons (Fsp3) is 0.364. The van der Waals surface area contributed by atoms with Crippen LogP contribution in [0.4, 0.5) is 0 Å². The van der Waals surface area contributed by atoms with E-state index in [-0.39, 0.29) is 10.8 Å². The number of cyclic esters (lactones) is 1. The molecule has 1 saturated heterocycles. The van der Waals surface area contributed by atoms with Crippen LogP contribution in [0.25, 0.3) is 0 Å². The third-order valence-corrected chi connectivity index (χ3v) is 3.81. The van der Waals surface area contributed by atoms with Crippen LogP contribution < -0.4 is 0 Å². The number of hydrogen-bond donors (Lipinski definition) is 0. The van der Waals surface area contributed by atoms with Gasteiger partial charge in [0, 0.05) is 0 Å². The third kappa shape index (κ3) is 1.46. The van der Waals surface area contributed by atoms with Crippen LogP contribution >= 0.6 is 15.9 Å².